The predicted octanol–water partition coefficient (Wildman–Crippen LogP) is 2.27. The molecule has 36 heavy (non-hydrogen) atoms. The smallest absolute Gasteiger partial charge is 0.191 e. The molecule has 188 valence electrons. The van der Waals surface area contributed by atoms with Crippen molar-refractivity contribution in [3.8, 4) is 0 Å². The molecule has 2 aliphatic carbocycles. The van der Waals surface area contributed by atoms with Crippen LogP contribution >= 0.6 is 11.8 Å². The Morgan fingerprint density at radius 2 is 1.86 bits per heavy atom. The van der Waals surface area contributed by atoms with Gasteiger partial charge in [0.2, 0.25) is 0 Å². The molecule has 0 amide bonds. The van der Waals surface area contributed by atoms with Crippen LogP contribution in [0.3, 0.4) is 0 Å². The van der Waals surface area contributed by atoms with E-state index in [1.807, 2.05) is 6.07 Å². The lowest BCUT2D eigenvalue weighted by molar-refractivity contribution is 0.000914. The van der Waals surface area contributed by atoms with Crippen molar-refractivity contribution in [3.63, 3.8) is 0 Å². The molecule has 0 saturated heterocycles. The van der Waals surface area contributed by atoms with E-state index in [0.29, 0.717) is 41.0 Å². The fourth-order valence-electron chi connectivity index (χ4n) is 5.06. The zero-order valence-electron chi connectivity index (χ0n) is 19.9. The van der Waals surface area contributed by atoms with E-state index in [1.54, 1.807) is 28.8 Å². The SMILES string of the molecule is CCCSc1nc(N[C@@H]2C[C@H]2c2ccccc2)c2nnn([C@@H]3C[C@H](Cn4nccn4)[C@@H](O)[C@H]3O)c2n1. The number of nitrogens with zero attached hydrogens (tertiary/aromatic N) is 8. The fourth-order valence-corrected chi connectivity index (χ4v) is 5.75. The fraction of sp³-hybridized carbons (Fsp3) is 0.500. The molecule has 2 saturated carbocycles. The molecule has 0 unspecified atom stereocenters. The summed E-state index contributed by atoms with van der Waals surface area (Å²) in [6.45, 7) is 2.53. The Morgan fingerprint density at radius 3 is 2.64 bits per heavy atom. The number of nitrogens with one attached hydrogen (secondary N) is 1. The Labute approximate surface area is 212 Å². The Bertz CT molecular complexity index is 1320. The summed E-state index contributed by atoms with van der Waals surface area (Å²) >= 11 is 1.59. The van der Waals surface area contributed by atoms with Crippen molar-refractivity contribution in [2.75, 3.05) is 11.1 Å². The highest BCUT2D eigenvalue weighted by Crippen LogP contribution is 2.43. The third-order valence-electron chi connectivity index (χ3n) is 7.03. The summed E-state index contributed by atoms with van der Waals surface area (Å²) < 4.78 is 1.66. The van der Waals surface area contributed by atoms with Gasteiger partial charge in [0.1, 0.15) is 6.10 Å². The van der Waals surface area contributed by atoms with Crippen LogP contribution in [0.15, 0.2) is 47.9 Å². The lowest BCUT2D eigenvalue weighted by atomic mass is 10.1. The van der Waals surface area contributed by atoms with Crippen molar-refractivity contribution < 1.29 is 10.2 Å². The number of fused-ring (bicyclic) bond motifs is 1. The average molecular weight is 508 g/mol. The highest BCUT2D eigenvalue weighted by Gasteiger charge is 2.44. The molecule has 0 radical (unpaired) electrons. The number of thioether (sulfide) groups is 1. The standard InChI is InChI=1S/C24H29N9O2S/c1-2-10-36-24-28-22(27-17-12-16(17)14-6-4-3-5-7-14)19-23(29-24)33(31-30-19)18-11-15(20(34)21(18)35)13-32-25-8-9-26-32/h3-9,15-18,20-21,34-35H,2,10-13H2,1H3,(H,27,28,29)/t15-,16+,17-,18-,20-,21+/m1/s1. The van der Waals surface area contributed by atoms with Crippen LogP contribution in [0.5, 0.6) is 0 Å². The molecule has 1 aromatic carbocycles. The summed E-state index contributed by atoms with van der Waals surface area (Å²) in [6.07, 6.45) is 3.81. The molecule has 0 aliphatic heterocycles. The number of aromatic nitrogens is 8. The van der Waals surface area contributed by atoms with Gasteiger partial charge >= 0.3 is 0 Å². The molecule has 0 bridgehead atoms. The van der Waals surface area contributed by atoms with Crippen LogP contribution in [-0.4, -0.2) is 74.2 Å². The maximum Gasteiger partial charge on any atom is 0.191 e. The molecular weight excluding hydrogens is 478 g/mol. The van der Waals surface area contributed by atoms with Crippen molar-refractivity contribution in [1.82, 2.24) is 40.0 Å². The van der Waals surface area contributed by atoms with E-state index < -0.39 is 18.2 Å². The van der Waals surface area contributed by atoms with Crippen LogP contribution in [0, 0.1) is 5.92 Å². The zero-order valence-corrected chi connectivity index (χ0v) is 20.7. The second-order valence-corrected chi connectivity index (χ2v) is 10.6. The average Bonchev–Trinajstić information content (AvgIpc) is 3.19. The van der Waals surface area contributed by atoms with Crippen molar-refractivity contribution in [3.05, 3.63) is 48.3 Å². The maximum atomic E-state index is 10.9. The number of aliphatic hydroxyl groups excluding tert-OH is 2. The van der Waals surface area contributed by atoms with E-state index in [9.17, 15) is 10.2 Å². The van der Waals surface area contributed by atoms with E-state index in [4.69, 9.17) is 9.97 Å². The Balaban J connectivity index is 1.29. The third kappa shape index (κ3) is 4.44. The van der Waals surface area contributed by atoms with Gasteiger partial charge in [-0.1, -0.05) is 54.2 Å². The molecule has 4 aromatic rings. The van der Waals surface area contributed by atoms with E-state index in [0.717, 1.165) is 18.6 Å². The minimum Gasteiger partial charge on any atom is -0.390 e. The number of rotatable bonds is 9. The topological polar surface area (TPSA) is 140 Å². The first-order valence-electron chi connectivity index (χ1n) is 12.4. The van der Waals surface area contributed by atoms with Crippen molar-refractivity contribution in [1.29, 1.82) is 0 Å². The highest BCUT2D eigenvalue weighted by atomic mass is 32.2. The summed E-state index contributed by atoms with van der Waals surface area (Å²) in [5.41, 5.74) is 2.45. The first-order valence-corrected chi connectivity index (χ1v) is 13.4. The summed E-state index contributed by atoms with van der Waals surface area (Å²) in [7, 11) is 0. The van der Waals surface area contributed by atoms with Gasteiger partial charge in [-0.2, -0.15) is 15.0 Å². The zero-order chi connectivity index (χ0) is 24.6. The van der Waals surface area contributed by atoms with Crippen LogP contribution in [0.4, 0.5) is 5.82 Å². The number of anilines is 1. The molecule has 3 heterocycles. The summed E-state index contributed by atoms with van der Waals surface area (Å²) in [5, 5.41) is 43.0. The van der Waals surface area contributed by atoms with Crippen LogP contribution in [-0.2, 0) is 6.54 Å². The molecule has 2 aliphatic rings. The molecule has 2 fully saturated rings. The molecule has 6 atom stereocenters. The number of hydrogen-bond acceptors (Lipinski definition) is 10. The number of benzene rings is 1. The molecule has 3 N–H and O–H groups in total. The summed E-state index contributed by atoms with van der Waals surface area (Å²) in [5.74, 6) is 1.77. The largest absolute Gasteiger partial charge is 0.390 e. The van der Waals surface area contributed by atoms with E-state index in [2.05, 4.69) is 57.0 Å². The van der Waals surface area contributed by atoms with E-state index in [1.165, 1.54) is 10.4 Å². The summed E-state index contributed by atoms with van der Waals surface area (Å²) in [6, 6.07) is 10.3. The number of aliphatic hydroxyl groups is 2. The van der Waals surface area contributed by atoms with Gasteiger partial charge in [0.15, 0.2) is 22.1 Å². The number of hydrogen-bond donors (Lipinski definition) is 3. The first kappa shape index (κ1) is 23.3. The Hall–Kier alpha value is -3.09. The lowest BCUT2D eigenvalue weighted by Gasteiger charge is -2.17. The Kier molecular flexibility index (Phi) is 6.32. The van der Waals surface area contributed by atoms with Crippen LogP contribution < -0.4 is 5.32 Å². The molecular formula is C24H29N9O2S. The van der Waals surface area contributed by atoms with E-state index in [-0.39, 0.29) is 12.0 Å². The molecule has 11 nitrogen and oxygen atoms in total. The van der Waals surface area contributed by atoms with Gasteiger partial charge in [0, 0.05) is 23.6 Å². The second-order valence-electron chi connectivity index (χ2n) is 9.54. The van der Waals surface area contributed by atoms with Gasteiger partial charge in [-0.05, 0) is 24.8 Å². The quantitative estimate of drug-likeness (QED) is 0.228. The molecule has 3 aromatic heterocycles. The van der Waals surface area contributed by atoms with Crippen LogP contribution in [0.25, 0.3) is 11.2 Å². The van der Waals surface area contributed by atoms with Gasteiger partial charge in [-0.15, -0.1) is 5.10 Å². The Morgan fingerprint density at radius 1 is 1.06 bits per heavy atom. The first-order chi connectivity index (χ1) is 17.6. The van der Waals surface area contributed by atoms with Gasteiger partial charge in [0.25, 0.3) is 0 Å². The second kappa shape index (κ2) is 9.75. The lowest BCUT2D eigenvalue weighted by Crippen LogP contribution is -2.31. The predicted molar refractivity (Wildman–Crippen MR) is 135 cm³/mol. The van der Waals surface area contributed by atoms with E-state index >= 15 is 0 Å². The van der Waals surface area contributed by atoms with Crippen LogP contribution in [0.2, 0.25) is 0 Å². The van der Waals surface area contributed by atoms with Gasteiger partial charge < -0.3 is 15.5 Å². The minimum atomic E-state index is -1.00. The molecule has 0 spiro atoms. The van der Waals surface area contributed by atoms with Gasteiger partial charge in [-0.3, -0.25) is 0 Å². The maximum absolute atomic E-state index is 10.9. The van der Waals surface area contributed by atoms with Gasteiger partial charge in [-0.25, -0.2) is 14.6 Å². The normalized spacial score (nSPS) is 27.5. The molecule has 12 heteroatoms. The minimum absolute atomic E-state index is 0.219. The monoisotopic (exact) mass is 507 g/mol. The summed E-state index contributed by atoms with van der Waals surface area (Å²) in [4.78, 5) is 11.1. The van der Waals surface area contributed by atoms with Gasteiger partial charge in [0.05, 0.1) is 31.1 Å². The van der Waals surface area contributed by atoms with Crippen molar-refractivity contribution in [2.45, 2.75) is 68.1 Å². The van der Waals surface area contributed by atoms with Crippen molar-refractivity contribution >= 4 is 28.7 Å². The van der Waals surface area contributed by atoms with Crippen molar-refractivity contribution in [2.24, 2.45) is 5.92 Å². The molecule has 6 rings (SSSR count). The van der Waals surface area contributed by atoms with Crippen LogP contribution in [0.1, 0.15) is 43.7 Å². The highest BCUT2D eigenvalue weighted by molar-refractivity contribution is 7.99. The third-order valence-corrected chi connectivity index (χ3v) is 8.08.